The van der Waals surface area contributed by atoms with Crippen molar-refractivity contribution in [3.63, 3.8) is 0 Å². The Hall–Kier alpha value is -3.90. The fourth-order valence-corrected chi connectivity index (χ4v) is 5.74. The summed E-state index contributed by atoms with van der Waals surface area (Å²) in [5.74, 6) is 0.295. The molecule has 7 heteroatoms. The summed E-state index contributed by atoms with van der Waals surface area (Å²) in [5.41, 5.74) is 11.3. The summed E-state index contributed by atoms with van der Waals surface area (Å²) in [6.07, 6.45) is 0. The summed E-state index contributed by atoms with van der Waals surface area (Å²) >= 11 is 13.7. The van der Waals surface area contributed by atoms with Crippen LogP contribution in [-0.2, 0) is 0 Å². The lowest BCUT2D eigenvalue weighted by molar-refractivity contribution is 0.101. The summed E-state index contributed by atoms with van der Waals surface area (Å²) in [7, 11) is 0. The quantitative estimate of drug-likeness (QED) is 0.221. The molecule has 6 rings (SSSR count). The molecule has 3 heterocycles. The molecular weight excluding hydrogens is 523 g/mol. The second-order valence-corrected chi connectivity index (χ2v) is 10.3. The molecule has 6 aromatic rings. The predicted octanol–water partition coefficient (Wildman–Crippen LogP) is 9.01. The van der Waals surface area contributed by atoms with Gasteiger partial charge in [0, 0.05) is 21.5 Å². The molecule has 3 aromatic carbocycles. The summed E-state index contributed by atoms with van der Waals surface area (Å²) in [6.45, 7) is 0. The number of benzene rings is 3. The van der Waals surface area contributed by atoms with E-state index in [1.165, 1.54) is 11.3 Å². The number of nitrogens with zero attached hydrogens (tertiary/aromatic N) is 1. The molecule has 0 aliphatic carbocycles. The minimum absolute atomic E-state index is 0.161. The predicted molar refractivity (Wildman–Crippen MR) is 153 cm³/mol. The number of halogens is 2. The molecule has 0 spiro atoms. The van der Waals surface area contributed by atoms with Crippen molar-refractivity contribution in [2.24, 2.45) is 0 Å². The Morgan fingerprint density at radius 3 is 2.24 bits per heavy atom. The minimum Gasteiger partial charge on any atom is -0.453 e. The number of carbonyl (C=O) groups is 1. The van der Waals surface area contributed by atoms with Gasteiger partial charge in [-0.3, -0.25) is 4.79 Å². The van der Waals surface area contributed by atoms with E-state index < -0.39 is 0 Å². The maximum absolute atomic E-state index is 13.6. The lowest BCUT2D eigenvalue weighted by atomic mass is 9.99. The molecule has 2 N–H and O–H groups in total. The molecular formula is C30H18Cl2N2O2S. The Kier molecular flexibility index (Phi) is 6.05. The van der Waals surface area contributed by atoms with Gasteiger partial charge in [0.15, 0.2) is 5.76 Å². The van der Waals surface area contributed by atoms with Crippen LogP contribution in [0, 0.1) is 0 Å². The lowest BCUT2D eigenvalue weighted by Crippen LogP contribution is -2.00. The Morgan fingerprint density at radius 1 is 0.811 bits per heavy atom. The average molecular weight is 541 g/mol. The fraction of sp³-hybridized carbons (Fsp3) is 0. The minimum atomic E-state index is -0.315. The van der Waals surface area contributed by atoms with Gasteiger partial charge in [-0.1, -0.05) is 83.9 Å². The number of hydrogen-bond acceptors (Lipinski definition) is 5. The van der Waals surface area contributed by atoms with E-state index in [4.69, 9.17) is 38.3 Å². The molecule has 0 radical (unpaired) electrons. The van der Waals surface area contributed by atoms with E-state index in [-0.39, 0.29) is 11.5 Å². The third-order valence-electron chi connectivity index (χ3n) is 6.08. The van der Waals surface area contributed by atoms with E-state index in [1.807, 2.05) is 66.7 Å². The van der Waals surface area contributed by atoms with Gasteiger partial charge < -0.3 is 10.2 Å². The van der Waals surface area contributed by atoms with Crippen LogP contribution in [0.25, 0.3) is 43.9 Å². The van der Waals surface area contributed by atoms with Crippen LogP contribution in [0.5, 0.6) is 0 Å². The van der Waals surface area contributed by atoms with Crippen molar-refractivity contribution >= 4 is 56.2 Å². The fourth-order valence-electron chi connectivity index (χ4n) is 4.29. The largest absolute Gasteiger partial charge is 0.453 e. The highest BCUT2D eigenvalue weighted by atomic mass is 35.5. The van der Waals surface area contributed by atoms with E-state index >= 15 is 0 Å². The van der Waals surface area contributed by atoms with Crippen LogP contribution >= 0.6 is 34.5 Å². The molecule has 37 heavy (non-hydrogen) atoms. The van der Waals surface area contributed by atoms with E-state index in [0.29, 0.717) is 36.8 Å². The highest BCUT2D eigenvalue weighted by Gasteiger charge is 2.25. The summed E-state index contributed by atoms with van der Waals surface area (Å²) in [6, 6.07) is 30.3. The van der Waals surface area contributed by atoms with Gasteiger partial charge in [0.1, 0.15) is 15.5 Å². The smallest absolute Gasteiger partial charge is 0.240 e. The van der Waals surface area contributed by atoms with E-state index in [2.05, 4.69) is 0 Å². The number of hydrogen-bond donors (Lipinski definition) is 1. The van der Waals surface area contributed by atoms with Crippen LogP contribution in [0.2, 0.25) is 10.0 Å². The second-order valence-electron chi connectivity index (χ2n) is 8.43. The summed E-state index contributed by atoms with van der Waals surface area (Å²) in [4.78, 5) is 19.5. The number of aromatic nitrogens is 1. The molecule has 0 aliphatic heterocycles. The maximum Gasteiger partial charge on any atom is 0.240 e. The Bertz CT molecular complexity index is 1780. The van der Waals surface area contributed by atoms with Gasteiger partial charge in [-0.05, 0) is 47.5 Å². The molecule has 0 aliphatic rings. The summed E-state index contributed by atoms with van der Waals surface area (Å²) < 4.78 is 5.92. The van der Waals surface area contributed by atoms with Crippen molar-refractivity contribution in [1.29, 1.82) is 0 Å². The average Bonchev–Trinajstić information content (AvgIpc) is 3.55. The lowest BCUT2D eigenvalue weighted by Gasteiger charge is -2.09. The molecule has 3 aromatic heterocycles. The Labute approximate surface area is 226 Å². The van der Waals surface area contributed by atoms with Crippen molar-refractivity contribution in [2.45, 2.75) is 0 Å². The number of thiophene rings is 1. The normalized spacial score (nSPS) is 11.2. The van der Waals surface area contributed by atoms with Crippen LogP contribution in [0.4, 0.5) is 5.69 Å². The Balaban J connectivity index is 1.49. The van der Waals surface area contributed by atoms with Gasteiger partial charge in [0.25, 0.3) is 0 Å². The van der Waals surface area contributed by atoms with Crippen molar-refractivity contribution in [3.8, 4) is 33.7 Å². The first kappa shape index (κ1) is 23.5. The van der Waals surface area contributed by atoms with Gasteiger partial charge in [0.05, 0.1) is 16.4 Å². The monoisotopic (exact) mass is 540 g/mol. The first-order valence-corrected chi connectivity index (χ1v) is 13.0. The van der Waals surface area contributed by atoms with Crippen molar-refractivity contribution in [2.75, 3.05) is 5.73 Å². The molecule has 0 saturated heterocycles. The zero-order chi connectivity index (χ0) is 25.5. The third kappa shape index (κ3) is 4.31. The van der Waals surface area contributed by atoms with Crippen molar-refractivity contribution < 1.29 is 9.21 Å². The van der Waals surface area contributed by atoms with Gasteiger partial charge in [0.2, 0.25) is 5.78 Å². The number of rotatable bonds is 5. The van der Waals surface area contributed by atoms with Crippen LogP contribution in [0.1, 0.15) is 15.4 Å². The number of anilines is 1. The SMILES string of the molecule is Nc1c(C(=O)c2ccc(-c3cc(Cl)ccc3Cl)o2)sc2nc(-c3ccccc3)cc(-c3ccccc3)c12. The van der Waals surface area contributed by atoms with Crippen LogP contribution in [-0.4, -0.2) is 10.8 Å². The number of ketones is 1. The Morgan fingerprint density at radius 2 is 1.51 bits per heavy atom. The molecule has 0 saturated carbocycles. The van der Waals surface area contributed by atoms with Gasteiger partial charge in [-0.25, -0.2) is 4.98 Å². The van der Waals surface area contributed by atoms with Gasteiger partial charge >= 0.3 is 0 Å². The third-order valence-corrected chi connectivity index (χ3v) is 7.75. The number of fused-ring (bicyclic) bond motifs is 1. The molecule has 0 bridgehead atoms. The number of carbonyl (C=O) groups excluding carboxylic acids is 1. The van der Waals surface area contributed by atoms with E-state index in [0.717, 1.165) is 27.8 Å². The zero-order valence-electron chi connectivity index (χ0n) is 19.2. The number of furan rings is 1. The molecule has 0 unspecified atom stereocenters. The number of pyridine rings is 1. The summed E-state index contributed by atoms with van der Waals surface area (Å²) in [5, 5.41) is 1.75. The molecule has 4 nitrogen and oxygen atoms in total. The van der Waals surface area contributed by atoms with Crippen LogP contribution in [0.15, 0.2) is 101 Å². The first-order valence-electron chi connectivity index (χ1n) is 11.4. The highest BCUT2D eigenvalue weighted by molar-refractivity contribution is 7.21. The highest BCUT2D eigenvalue weighted by Crippen LogP contribution is 2.42. The van der Waals surface area contributed by atoms with Crippen molar-refractivity contribution in [1.82, 2.24) is 4.98 Å². The standard InChI is InChI=1S/C30H18Cl2N2O2S/c31-19-11-12-22(32)21(15-19)24-13-14-25(36-24)28(35)29-27(33)26-20(17-7-3-1-4-8-17)16-23(34-30(26)37-29)18-9-5-2-6-10-18/h1-16H,33H2. The van der Waals surface area contributed by atoms with E-state index in [9.17, 15) is 4.79 Å². The maximum atomic E-state index is 13.6. The van der Waals surface area contributed by atoms with Crippen LogP contribution < -0.4 is 5.73 Å². The van der Waals surface area contributed by atoms with Gasteiger partial charge in [-0.15, -0.1) is 11.3 Å². The molecule has 0 amide bonds. The molecule has 0 atom stereocenters. The number of nitrogen functional groups attached to an aromatic ring is 1. The van der Waals surface area contributed by atoms with Crippen molar-refractivity contribution in [3.05, 3.63) is 118 Å². The van der Waals surface area contributed by atoms with E-state index in [1.54, 1.807) is 30.3 Å². The molecule has 180 valence electrons. The van der Waals surface area contributed by atoms with Gasteiger partial charge in [-0.2, -0.15) is 0 Å². The number of nitrogens with two attached hydrogens (primary N) is 1. The topological polar surface area (TPSA) is 69.1 Å². The second kappa shape index (κ2) is 9.52. The first-order chi connectivity index (χ1) is 18.0. The van der Waals surface area contributed by atoms with Crippen LogP contribution in [0.3, 0.4) is 0 Å². The zero-order valence-corrected chi connectivity index (χ0v) is 21.6. The molecule has 0 fully saturated rings.